The Morgan fingerprint density at radius 2 is 0.956 bits per heavy atom. The number of hydrogen-bond donors (Lipinski definition) is 0. The molecule has 0 saturated carbocycles. The zero-order chi connectivity index (χ0) is 30.5. The fraction of sp³-hybridized carbons (Fsp3) is 0.0714. The Balaban J connectivity index is 1.04. The molecule has 0 amide bonds. The molecule has 0 N–H and O–H groups in total. The van der Waals surface area contributed by atoms with Gasteiger partial charge in [0.1, 0.15) is 4.83 Å². The van der Waals surface area contributed by atoms with E-state index in [0.717, 1.165) is 4.83 Å². The Labute approximate surface area is 269 Å². The van der Waals surface area contributed by atoms with Crippen molar-refractivity contribution in [3.63, 3.8) is 0 Å². The Hall–Kier alpha value is -4.83. The summed E-state index contributed by atoms with van der Waals surface area (Å²) in [6.45, 7) is 7.18. The van der Waals surface area contributed by atoms with E-state index < -0.39 is 8.07 Å². The molecule has 0 unspecified atom stereocenters. The highest BCUT2D eigenvalue weighted by Gasteiger charge is 2.16. The average molecular weight is 612 g/mol. The lowest BCUT2D eigenvalue weighted by Crippen LogP contribution is -2.37. The number of fused-ring (bicyclic) bond motifs is 4. The van der Waals surface area contributed by atoms with Crippen molar-refractivity contribution in [2.75, 3.05) is 0 Å². The van der Waals surface area contributed by atoms with Gasteiger partial charge in [-0.1, -0.05) is 140 Å². The van der Waals surface area contributed by atoms with Crippen LogP contribution in [0, 0.1) is 0 Å². The Morgan fingerprint density at radius 3 is 1.53 bits per heavy atom. The number of thiophene rings is 1. The molecule has 216 valence electrons. The van der Waals surface area contributed by atoms with Crippen molar-refractivity contribution < 1.29 is 0 Å². The van der Waals surface area contributed by atoms with Crippen LogP contribution in [-0.2, 0) is 0 Å². The highest BCUT2D eigenvalue weighted by atomic mass is 32.1. The number of pyridine rings is 1. The molecular formula is C42H33NSSi. The number of rotatable bonds is 5. The van der Waals surface area contributed by atoms with E-state index in [1.54, 1.807) is 11.3 Å². The molecule has 0 fully saturated rings. The van der Waals surface area contributed by atoms with E-state index in [1.807, 2.05) is 12.3 Å². The second-order valence-corrected chi connectivity index (χ2v) is 19.0. The first kappa shape index (κ1) is 27.7. The van der Waals surface area contributed by atoms with Crippen LogP contribution in [0.5, 0.6) is 0 Å². The first-order chi connectivity index (χ1) is 21.9. The zero-order valence-corrected chi connectivity index (χ0v) is 27.5. The lowest BCUT2D eigenvalue weighted by Gasteiger charge is -2.16. The number of aromatic nitrogens is 1. The molecule has 2 aromatic heterocycles. The van der Waals surface area contributed by atoms with E-state index in [9.17, 15) is 0 Å². The maximum atomic E-state index is 4.60. The fourth-order valence-corrected chi connectivity index (χ4v) is 8.67. The van der Waals surface area contributed by atoms with Crippen molar-refractivity contribution in [1.82, 2.24) is 4.98 Å². The van der Waals surface area contributed by atoms with Crippen molar-refractivity contribution in [2.45, 2.75) is 19.6 Å². The van der Waals surface area contributed by atoms with Crippen LogP contribution in [0.15, 0.2) is 146 Å². The van der Waals surface area contributed by atoms with Gasteiger partial charge in [-0.15, -0.1) is 11.3 Å². The van der Waals surface area contributed by atoms with Gasteiger partial charge in [0.15, 0.2) is 0 Å². The van der Waals surface area contributed by atoms with Crippen LogP contribution in [0.25, 0.3) is 75.6 Å². The third kappa shape index (κ3) is 5.18. The molecule has 1 nitrogen and oxygen atoms in total. The van der Waals surface area contributed by atoms with Gasteiger partial charge in [-0.2, -0.15) is 0 Å². The lowest BCUT2D eigenvalue weighted by atomic mass is 9.95. The van der Waals surface area contributed by atoms with Gasteiger partial charge in [0.2, 0.25) is 0 Å². The highest BCUT2D eigenvalue weighted by molar-refractivity contribution is 7.26. The molecule has 45 heavy (non-hydrogen) atoms. The molecule has 0 aliphatic rings. The molecular weight excluding hydrogens is 579 g/mol. The monoisotopic (exact) mass is 611 g/mol. The van der Waals surface area contributed by atoms with Crippen LogP contribution in [0.2, 0.25) is 19.6 Å². The van der Waals surface area contributed by atoms with E-state index in [0.29, 0.717) is 0 Å². The summed E-state index contributed by atoms with van der Waals surface area (Å²) in [5, 5.41) is 6.51. The van der Waals surface area contributed by atoms with E-state index >= 15 is 0 Å². The molecule has 0 bridgehead atoms. The van der Waals surface area contributed by atoms with Crippen molar-refractivity contribution in [3.8, 4) is 44.5 Å². The van der Waals surface area contributed by atoms with Crippen LogP contribution in [0.3, 0.4) is 0 Å². The van der Waals surface area contributed by atoms with Crippen molar-refractivity contribution in [3.05, 3.63) is 146 Å². The summed E-state index contributed by atoms with van der Waals surface area (Å²) in [6, 6.07) is 51.5. The third-order valence-corrected chi connectivity index (χ3v) is 12.2. The molecule has 2 heterocycles. The summed E-state index contributed by atoms with van der Waals surface area (Å²) in [4.78, 5) is 5.69. The predicted octanol–water partition coefficient (Wildman–Crippen LogP) is 11.8. The lowest BCUT2D eigenvalue weighted by molar-refractivity contribution is 1.45. The molecule has 3 heteroatoms. The van der Waals surface area contributed by atoms with Gasteiger partial charge >= 0.3 is 0 Å². The van der Waals surface area contributed by atoms with E-state index in [1.165, 1.54) is 75.9 Å². The molecule has 8 aromatic rings. The topological polar surface area (TPSA) is 12.9 Å². The van der Waals surface area contributed by atoms with Crippen LogP contribution >= 0.6 is 11.3 Å². The zero-order valence-electron chi connectivity index (χ0n) is 25.7. The molecule has 0 radical (unpaired) electrons. The summed E-state index contributed by atoms with van der Waals surface area (Å²) in [5.74, 6) is 0. The first-order valence-corrected chi connectivity index (χ1v) is 19.8. The standard InChI is InChI=1S/C42H33NSSi/c1-45(2,3)37-23-21-29(22-24-37)28-9-11-30(12-10-28)33-17-19-36-27-34(18-20-35(36)26-33)31-13-15-32(16-14-31)38-6-4-7-39-40-8-5-25-43-42(40)44-41(38)39/h4-27H,1-3H3. The summed E-state index contributed by atoms with van der Waals surface area (Å²) < 4.78 is 1.30. The highest BCUT2D eigenvalue weighted by Crippen LogP contribution is 2.39. The third-order valence-electron chi connectivity index (χ3n) is 8.95. The first-order valence-electron chi connectivity index (χ1n) is 15.5. The van der Waals surface area contributed by atoms with Crippen LogP contribution < -0.4 is 5.19 Å². The molecule has 0 aliphatic heterocycles. The van der Waals surface area contributed by atoms with Crippen molar-refractivity contribution in [2.24, 2.45) is 0 Å². The minimum Gasteiger partial charge on any atom is -0.245 e. The van der Waals surface area contributed by atoms with E-state index in [2.05, 4.69) is 158 Å². The minimum atomic E-state index is -1.29. The number of nitrogens with zero attached hydrogens (tertiary/aromatic N) is 1. The number of benzene rings is 6. The van der Waals surface area contributed by atoms with Crippen molar-refractivity contribution >= 4 is 55.7 Å². The van der Waals surface area contributed by atoms with Gasteiger partial charge in [0, 0.05) is 21.7 Å². The summed E-state index contributed by atoms with van der Waals surface area (Å²) in [6.07, 6.45) is 1.88. The smallest absolute Gasteiger partial charge is 0.124 e. The molecule has 0 aliphatic carbocycles. The maximum Gasteiger partial charge on any atom is 0.124 e. The van der Waals surface area contributed by atoms with Gasteiger partial charge in [0.25, 0.3) is 0 Å². The van der Waals surface area contributed by atoms with Crippen molar-refractivity contribution in [1.29, 1.82) is 0 Å². The van der Waals surface area contributed by atoms with Crippen LogP contribution in [-0.4, -0.2) is 13.1 Å². The Kier molecular flexibility index (Phi) is 6.74. The normalized spacial score (nSPS) is 11.9. The summed E-state index contributed by atoms with van der Waals surface area (Å²) in [5.41, 5.74) is 9.97. The summed E-state index contributed by atoms with van der Waals surface area (Å²) >= 11 is 1.78. The summed E-state index contributed by atoms with van der Waals surface area (Å²) in [7, 11) is -1.29. The SMILES string of the molecule is C[Si](C)(C)c1ccc(-c2ccc(-c3ccc4cc(-c5ccc(-c6cccc7c6sc6ncccc67)cc5)ccc4c3)cc2)cc1. The second kappa shape index (κ2) is 11.0. The van der Waals surface area contributed by atoms with Gasteiger partial charge in [0.05, 0.1) is 8.07 Å². The molecule has 0 atom stereocenters. The Bertz CT molecular complexity index is 2320. The van der Waals surface area contributed by atoms with E-state index in [4.69, 9.17) is 0 Å². The Morgan fingerprint density at radius 1 is 0.467 bits per heavy atom. The molecule has 6 aromatic carbocycles. The average Bonchev–Trinajstić information content (AvgIpc) is 3.47. The van der Waals surface area contributed by atoms with E-state index in [-0.39, 0.29) is 0 Å². The predicted molar refractivity (Wildman–Crippen MR) is 199 cm³/mol. The van der Waals surface area contributed by atoms with Crippen LogP contribution in [0.4, 0.5) is 0 Å². The molecule has 8 rings (SSSR count). The van der Waals surface area contributed by atoms with Gasteiger partial charge in [-0.3, -0.25) is 0 Å². The van der Waals surface area contributed by atoms with Gasteiger partial charge in [-0.05, 0) is 79.5 Å². The fourth-order valence-electron chi connectivity index (χ4n) is 6.33. The number of hydrogen-bond acceptors (Lipinski definition) is 2. The minimum absolute atomic E-state index is 1.09. The quantitative estimate of drug-likeness (QED) is 0.176. The maximum absolute atomic E-state index is 4.60. The second-order valence-electron chi connectivity index (χ2n) is 12.9. The van der Waals surface area contributed by atoms with Gasteiger partial charge < -0.3 is 0 Å². The molecule has 0 saturated heterocycles. The largest absolute Gasteiger partial charge is 0.245 e. The van der Waals surface area contributed by atoms with Gasteiger partial charge in [-0.25, -0.2) is 4.98 Å². The van der Waals surface area contributed by atoms with Crippen LogP contribution in [0.1, 0.15) is 0 Å². The molecule has 0 spiro atoms.